The second-order valence-corrected chi connectivity index (χ2v) is 17.4. The lowest BCUT2D eigenvalue weighted by Crippen LogP contribution is -2.59. The lowest BCUT2D eigenvalue weighted by molar-refractivity contribution is -0.141. The molecule has 5 heterocycles. The number of carbonyl (C=O) groups is 4. The van der Waals surface area contributed by atoms with Crippen LogP contribution >= 0.6 is 11.3 Å². The van der Waals surface area contributed by atoms with Crippen LogP contribution in [-0.4, -0.2) is 89.5 Å². The normalized spacial score (nSPS) is 26.6. The van der Waals surface area contributed by atoms with E-state index in [0.29, 0.717) is 24.8 Å². The van der Waals surface area contributed by atoms with Gasteiger partial charge in [0.05, 0.1) is 29.7 Å². The van der Waals surface area contributed by atoms with Crippen molar-refractivity contribution in [3.8, 4) is 16.9 Å². The van der Waals surface area contributed by atoms with Gasteiger partial charge in [-0.2, -0.15) is 5.10 Å². The van der Waals surface area contributed by atoms with Gasteiger partial charge in [-0.1, -0.05) is 44.2 Å². The number of hydrogen-bond acceptors (Lipinski definition) is 11. The molecule has 17 heteroatoms. The Labute approximate surface area is 315 Å². The minimum atomic E-state index is -3.93. The first-order valence-electron chi connectivity index (χ1n) is 17.9. The van der Waals surface area contributed by atoms with E-state index in [0.717, 1.165) is 10.1 Å². The summed E-state index contributed by atoms with van der Waals surface area (Å²) < 4.78 is 41.2. The lowest BCUT2D eigenvalue weighted by atomic mass is 10.0. The van der Waals surface area contributed by atoms with Crippen molar-refractivity contribution in [3.05, 3.63) is 71.0 Å². The zero-order chi connectivity index (χ0) is 38.4. The van der Waals surface area contributed by atoms with Gasteiger partial charge >= 0.3 is 6.09 Å². The van der Waals surface area contributed by atoms with Crippen molar-refractivity contribution < 1.29 is 37.1 Å². The summed E-state index contributed by atoms with van der Waals surface area (Å²) in [6, 6.07) is 4.48. The highest BCUT2D eigenvalue weighted by atomic mass is 32.2. The molecule has 2 saturated carbocycles. The summed E-state index contributed by atoms with van der Waals surface area (Å²) in [4.78, 5) is 70.8. The molecular weight excluding hydrogens is 737 g/mol. The number of benzene rings is 1. The van der Waals surface area contributed by atoms with E-state index in [-0.39, 0.29) is 43.9 Å². The van der Waals surface area contributed by atoms with Crippen LogP contribution in [0.15, 0.2) is 65.4 Å². The Bertz CT molecular complexity index is 2210. The fraction of sp³-hybridized carbons (Fsp3) is 0.459. The summed E-state index contributed by atoms with van der Waals surface area (Å²) in [6.07, 6.45) is 6.86. The van der Waals surface area contributed by atoms with Gasteiger partial charge in [0.1, 0.15) is 24.2 Å². The predicted molar refractivity (Wildman–Crippen MR) is 200 cm³/mol. The van der Waals surface area contributed by atoms with Gasteiger partial charge in [0.25, 0.3) is 11.5 Å². The van der Waals surface area contributed by atoms with Crippen molar-refractivity contribution in [2.24, 2.45) is 11.8 Å². The molecule has 286 valence electrons. The fourth-order valence-electron chi connectivity index (χ4n) is 7.11. The van der Waals surface area contributed by atoms with Crippen LogP contribution in [0.4, 0.5) is 4.79 Å². The molecule has 3 fully saturated rings. The predicted octanol–water partition coefficient (Wildman–Crippen LogP) is 3.03. The third-order valence-corrected chi connectivity index (χ3v) is 13.1. The Hall–Kier alpha value is -5.03. The Morgan fingerprint density at radius 3 is 2.67 bits per heavy atom. The largest absolute Gasteiger partial charge is 0.491 e. The average Bonchev–Trinajstić information content (AvgIpc) is 4.02. The number of hydrogen-bond donors (Lipinski definition) is 3. The van der Waals surface area contributed by atoms with Crippen LogP contribution in [-0.2, 0) is 29.1 Å². The summed E-state index contributed by atoms with van der Waals surface area (Å²) in [5.74, 6) is -2.96. The molecule has 2 aromatic heterocycles. The number of amides is 4. The molecule has 2 unspecified atom stereocenters. The van der Waals surface area contributed by atoms with Crippen molar-refractivity contribution in [1.29, 1.82) is 0 Å². The van der Waals surface area contributed by atoms with Crippen LogP contribution in [0, 0.1) is 11.8 Å². The summed E-state index contributed by atoms with van der Waals surface area (Å²) in [6.45, 7) is 7.21. The highest BCUT2D eigenvalue weighted by Crippen LogP contribution is 2.46. The molecule has 8 rings (SSSR count). The minimum absolute atomic E-state index is 0.0730. The van der Waals surface area contributed by atoms with Crippen LogP contribution in [0.1, 0.15) is 52.0 Å². The summed E-state index contributed by atoms with van der Waals surface area (Å²) >= 11 is 1.53. The molecule has 0 radical (unpaired) electrons. The van der Waals surface area contributed by atoms with Gasteiger partial charge in [0, 0.05) is 23.6 Å². The Kier molecular flexibility index (Phi) is 10.1. The number of carbonyl (C=O) groups excluding carboxylic acids is 4. The monoisotopic (exact) mass is 778 g/mol. The van der Waals surface area contributed by atoms with Gasteiger partial charge < -0.3 is 25.0 Å². The van der Waals surface area contributed by atoms with Crippen molar-refractivity contribution in [2.45, 2.75) is 74.9 Å². The van der Waals surface area contributed by atoms with Crippen LogP contribution in [0.25, 0.3) is 21.2 Å². The molecule has 1 saturated heterocycles. The third-order valence-electron chi connectivity index (χ3n) is 10.4. The van der Waals surface area contributed by atoms with Crippen molar-refractivity contribution in [1.82, 2.24) is 30.0 Å². The second-order valence-electron chi connectivity index (χ2n) is 14.5. The van der Waals surface area contributed by atoms with E-state index in [4.69, 9.17) is 9.47 Å². The highest BCUT2D eigenvalue weighted by Gasteiger charge is 2.62. The fourth-order valence-corrected chi connectivity index (χ4v) is 9.30. The zero-order valence-corrected chi connectivity index (χ0v) is 31.5. The standard InChI is InChI=1S/C37H42N6O9S2/c1-4-24-18-37(24,35(47)41-54(49,50)26-10-11-26)40-32(44)27-17-25-20-42(27)34(46)31(21(2)3)39-36(48)52-14-7-5-6-13-51-28-19-38-43(25)33(45)30(28)23-9-8-22-12-15-53-29(22)16-23/h4-5,7-9,12,15-16,19,21,24-27,31H,1,6,10-11,13-14,17-18,20H2,2-3H3,(H,39,48)(H,40,44)(H,41,47)/b7-5+/t24?,25-,27+,31+,37?/m1/s1. The second kappa shape index (κ2) is 14.7. The van der Waals surface area contributed by atoms with Gasteiger partial charge in [0.2, 0.25) is 21.8 Å². The molecule has 3 aromatic rings. The molecule has 54 heavy (non-hydrogen) atoms. The summed E-state index contributed by atoms with van der Waals surface area (Å²) in [5.41, 5.74) is -1.21. The molecule has 4 bridgehead atoms. The van der Waals surface area contributed by atoms with Gasteiger partial charge in [-0.25, -0.2) is 17.9 Å². The van der Waals surface area contributed by atoms with E-state index < -0.39 is 80.1 Å². The molecule has 1 aromatic carbocycles. The van der Waals surface area contributed by atoms with Crippen LogP contribution < -0.4 is 25.7 Å². The summed E-state index contributed by atoms with van der Waals surface area (Å²) in [5, 5.41) is 12.2. The highest BCUT2D eigenvalue weighted by molar-refractivity contribution is 7.91. The van der Waals surface area contributed by atoms with Crippen molar-refractivity contribution >= 4 is 55.3 Å². The quantitative estimate of drug-likeness (QED) is 0.286. The Balaban J connectivity index is 1.27. The SMILES string of the molecule is C=CC1CC1(NC(=O)[C@@H]1C[C@@H]2CN1C(=O)[C@H](C(C)C)NC(=O)OC/C=C/CCOc1cnn2c(=O)c1-c1ccc2ccsc2c1)C(=O)NS(=O)(=O)C1CC1. The molecule has 5 aliphatic rings. The number of ether oxygens (including phenoxy) is 2. The maximum atomic E-state index is 14.5. The molecule has 15 nitrogen and oxygen atoms in total. The van der Waals surface area contributed by atoms with E-state index in [2.05, 4.69) is 27.0 Å². The molecule has 5 atom stereocenters. The van der Waals surface area contributed by atoms with E-state index in [1.54, 1.807) is 26.0 Å². The Morgan fingerprint density at radius 2 is 1.94 bits per heavy atom. The zero-order valence-electron chi connectivity index (χ0n) is 29.9. The maximum Gasteiger partial charge on any atom is 0.408 e. The number of sulfonamides is 1. The molecule has 3 N–H and O–H groups in total. The summed E-state index contributed by atoms with van der Waals surface area (Å²) in [7, 11) is -3.93. The number of nitrogens with zero attached hydrogens (tertiary/aromatic N) is 3. The molecular formula is C37H42N6O9S2. The molecule has 4 amide bonds. The van der Waals surface area contributed by atoms with E-state index in [1.165, 1.54) is 33.2 Å². The smallest absolute Gasteiger partial charge is 0.408 e. The number of rotatable bonds is 8. The van der Waals surface area contributed by atoms with Crippen LogP contribution in [0.5, 0.6) is 5.75 Å². The number of fused-ring (bicyclic) bond motifs is 12. The number of aromatic nitrogens is 2. The Morgan fingerprint density at radius 1 is 1.15 bits per heavy atom. The maximum absolute atomic E-state index is 14.5. The molecule has 0 spiro atoms. The first-order chi connectivity index (χ1) is 25.8. The van der Waals surface area contributed by atoms with Gasteiger partial charge in [-0.05, 0) is 60.1 Å². The third kappa shape index (κ3) is 7.25. The van der Waals surface area contributed by atoms with Crippen LogP contribution in [0.2, 0.25) is 0 Å². The first kappa shape index (κ1) is 37.3. The first-order valence-corrected chi connectivity index (χ1v) is 20.4. The topological polar surface area (TPSA) is 195 Å². The number of nitrogens with one attached hydrogen (secondary N) is 3. The van der Waals surface area contributed by atoms with Gasteiger partial charge in [-0.15, -0.1) is 17.9 Å². The van der Waals surface area contributed by atoms with Crippen molar-refractivity contribution in [3.63, 3.8) is 0 Å². The average molecular weight is 779 g/mol. The number of thiophene rings is 1. The van der Waals surface area contributed by atoms with E-state index in [1.807, 2.05) is 29.6 Å². The van der Waals surface area contributed by atoms with Crippen molar-refractivity contribution in [2.75, 3.05) is 19.8 Å². The molecule has 2 aliphatic carbocycles. The molecule has 3 aliphatic heterocycles. The minimum Gasteiger partial charge on any atom is -0.491 e. The van der Waals surface area contributed by atoms with E-state index >= 15 is 0 Å². The lowest BCUT2D eigenvalue weighted by Gasteiger charge is -2.31. The van der Waals surface area contributed by atoms with Crippen LogP contribution in [0.3, 0.4) is 0 Å². The van der Waals surface area contributed by atoms with Gasteiger partial charge in [0.15, 0.2) is 5.75 Å². The number of alkyl carbamates (subject to hydrolysis) is 1. The van der Waals surface area contributed by atoms with E-state index in [9.17, 15) is 32.4 Å². The van der Waals surface area contributed by atoms with Gasteiger partial charge in [-0.3, -0.25) is 23.9 Å².